The van der Waals surface area contributed by atoms with Gasteiger partial charge in [-0.1, -0.05) is 51.0 Å². The zero-order valence-electron chi connectivity index (χ0n) is 13.3. The van der Waals surface area contributed by atoms with Gasteiger partial charge >= 0.3 is 0 Å². The number of nitrogens with two attached hydrogens (primary N) is 1. The molecule has 1 aromatic carbocycles. The molecule has 116 valence electrons. The Morgan fingerprint density at radius 2 is 1.90 bits per heavy atom. The van der Waals surface area contributed by atoms with Crippen molar-refractivity contribution >= 4 is 5.91 Å². The predicted octanol–water partition coefficient (Wildman–Crippen LogP) is 3.02. The summed E-state index contributed by atoms with van der Waals surface area (Å²) >= 11 is 0. The molecule has 2 atom stereocenters. The SMILES string of the molecule is CC(C)C1CCCCC1NC(=O)Cc1ccccc1CN. The molecule has 3 heteroatoms. The summed E-state index contributed by atoms with van der Waals surface area (Å²) in [5.74, 6) is 1.38. The van der Waals surface area contributed by atoms with Crippen LogP contribution in [0, 0.1) is 11.8 Å². The van der Waals surface area contributed by atoms with E-state index >= 15 is 0 Å². The van der Waals surface area contributed by atoms with Crippen LogP contribution < -0.4 is 11.1 Å². The summed E-state index contributed by atoms with van der Waals surface area (Å²) in [6.07, 6.45) is 5.32. The van der Waals surface area contributed by atoms with Crippen LogP contribution in [0.4, 0.5) is 0 Å². The molecule has 1 amide bonds. The smallest absolute Gasteiger partial charge is 0.224 e. The Morgan fingerprint density at radius 3 is 2.57 bits per heavy atom. The third-order valence-electron chi connectivity index (χ3n) is 4.71. The Kier molecular flexibility index (Phi) is 5.80. The average Bonchev–Trinajstić information content (AvgIpc) is 2.48. The average molecular weight is 288 g/mol. The first-order valence-corrected chi connectivity index (χ1v) is 8.18. The highest BCUT2D eigenvalue weighted by atomic mass is 16.1. The molecule has 1 fully saturated rings. The van der Waals surface area contributed by atoms with E-state index in [-0.39, 0.29) is 5.91 Å². The van der Waals surface area contributed by atoms with Gasteiger partial charge in [-0.05, 0) is 35.8 Å². The minimum absolute atomic E-state index is 0.133. The number of amides is 1. The van der Waals surface area contributed by atoms with Crippen molar-refractivity contribution in [2.75, 3.05) is 0 Å². The van der Waals surface area contributed by atoms with E-state index in [4.69, 9.17) is 5.73 Å². The maximum absolute atomic E-state index is 12.4. The van der Waals surface area contributed by atoms with Gasteiger partial charge in [0, 0.05) is 12.6 Å². The standard InChI is InChI=1S/C18H28N2O/c1-13(2)16-9-5-6-10-17(16)20-18(21)11-14-7-3-4-8-15(14)12-19/h3-4,7-8,13,16-17H,5-6,9-12,19H2,1-2H3,(H,20,21). The van der Waals surface area contributed by atoms with E-state index in [1.54, 1.807) is 0 Å². The summed E-state index contributed by atoms with van der Waals surface area (Å²) in [4.78, 5) is 12.4. The molecular weight excluding hydrogens is 260 g/mol. The summed E-state index contributed by atoms with van der Waals surface area (Å²) in [5, 5.41) is 3.27. The van der Waals surface area contributed by atoms with Crippen LogP contribution in [-0.2, 0) is 17.8 Å². The van der Waals surface area contributed by atoms with Gasteiger partial charge in [-0.25, -0.2) is 0 Å². The largest absolute Gasteiger partial charge is 0.353 e. The Morgan fingerprint density at radius 1 is 1.24 bits per heavy atom. The lowest BCUT2D eigenvalue weighted by molar-refractivity contribution is -0.121. The molecule has 0 aromatic heterocycles. The van der Waals surface area contributed by atoms with Gasteiger partial charge in [0.25, 0.3) is 0 Å². The van der Waals surface area contributed by atoms with Gasteiger partial charge in [-0.2, -0.15) is 0 Å². The second kappa shape index (κ2) is 7.60. The van der Waals surface area contributed by atoms with Crippen LogP contribution in [-0.4, -0.2) is 11.9 Å². The lowest BCUT2D eigenvalue weighted by atomic mass is 9.78. The van der Waals surface area contributed by atoms with Gasteiger partial charge < -0.3 is 11.1 Å². The fourth-order valence-electron chi connectivity index (χ4n) is 3.50. The molecule has 0 radical (unpaired) electrons. The third-order valence-corrected chi connectivity index (χ3v) is 4.71. The molecule has 0 aliphatic heterocycles. The molecule has 1 aromatic rings. The zero-order valence-corrected chi connectivity index (χ0v) is 13.3. The quantitative estimate of drug-likeness (QED) is 0.875. The van der Waals surface area contributed by atoms with Crippen LogP contribution in [0.1, 0.15) is 50.7 Å². The Bertz CT molecular complexity index is 470. The zero-order chi connectivity index (χ0) is 15.2. The van der Waals surface area contributed by atoms with E-state index in [1.807, 2.05) is 24.3 Å². The Hall–Kier alpha value is -1.35. The minimum atomic E-state index is 0.133. The fourth-order valence-corrected chi connectivity index (χ4v) is 3.50. The molecule has 0 heterocycles. The van der Waals surface area contributed by atoms with Gasteiger partial charge in [0.15, 0.2) is 0 Å². The molecule has 1 saturated carbocycles. The van der Waals surface area contributed by atoms with Crippen molar-refractivity contribution in [1.29, 1.82) is 0 Å². The lowest BCUT2D eigenvalue weighted by Crippen LogP contribution is -2.44. The first kappa shape index (κ1) is 16.0. The van der Waals surface area contributed by atoms with Crippen LogP contribution in [0.15, 0.2) is 24.3 Å². The normalized spacial score (nSPS) is 22.3. The van der Waals surface area contributed by atoms with Crippen molar-refractivity contribution in [2.24, 2.45) is 17.6 Å². The third kappa shape index (κ3) is 4.31. The molecule has 21 heavy (non-hydrogen) atoms. The van der Waals surface area contributed by atoms with E-state index in [0.717, 1.165) is 17.5 Å². The molecule has 0 spiro atoms. The van der Waals surface area contributed by atoms with E-state index in [0.29, 0.717) is 30.8 Å². The van der Waals surface area contributed by atoms with Crippen LogP contribution >= 0.6 is 0 Å². The number of hydrogen-bond donors (Lipinski definition) is 2. The molecular formula is C18H28N2O. The van der Waals surface area contributed by atoms with E-state index < -0.39 is 0 Å². The lowest BCUT2D eigenvalue weighted by Gasteiger charge is -2.35. The van der Waals surface area contributed by atoms with Gasteiger partial charge in [-0.15, -0.1) is 0 Å². The highest BCUT2D eigenvalue weighted by Gasteiger charge is 2.28. The van der Waals surface area contributed by atoms with Crippen molar-refractivity contribution in [3.63, 3.8) is 0 Å². The van der Waals surface area contributed by atoms with Gasteiger partial charge in [0.05, 0.1) is 6.42 Å². The Labute approximate surface area is 128 Å². The highest BCUT2D eigenvalue weighted by Crippen LogP contribution is 2.30. The topological polar surface area (TPSA) is 55.1 Å². The van der Waals surface area contributed by atoms with Crippen molar-refractivity contribution in [2.45, 2.75) is 58.5 Å². The van der Waals surface area contributed by atoms with Crippen LogP contribution in [0.25, 0.3) is 0 Å². The van der Waals surface area contributed by atoms with Crippen molar-refractivity contribution in [3.05, 3.63) is 35.4 Å². The second-order valence-corrected chi connectivity index (χ2v) is 6.52. The number of carbonyl (C=O) groups excluding carboxylic acids is 1. The summed E-state index contributed by atoms with van der Waals surface area (Å²) in [7, 11) is 0. The molecule has 1 aliphatic rings. The molecule has 0 saturated heterocycles. The molecule has 2 unspecified atom stereocenters. The van der Waals surface area contributed by atoms with Gasteiger partial charge in [0.2, 0.25) is 5.91 Å². The first-order valence-electron chi connectivity index (χ1n) is 8.18. The minimum Gasteiger partial charge on any atom is -0.353 e. The summed E-state index contributed by atoms with van der Waals surface area (Å²) in [6, 6.07) is 8.29. The van der Waals surface area contributed by atoms with Gasteiger partial charge in [-0.3, -0.25) is 4.79 Å². The van der Waals surface area contributed by atoms with Crippen molar-refractivity contribution in [3.8, 4) is 0 Å². The van der Waals surface area contributed by atoms with Crippen LogP contribution in [0.2, 0.25) is 0 Å². The van der Waals surface area contributed by atoms with E-state index in [2.05, 4.69) is 19.2 Å². The summed E-state index contributed by atoms with van der Waals surface area (Å²) in [6.45, 7) is 5.01. The van der Waals surface area contributed by atoms with Crippen LogP contribution in [0.3, 0.4) is 0 Å². The summed E-state index contributed by atoms with van der Waals surface area (Å²) < 4.78 is 0. The number of benzene rings is 1. The van der Waals surface area contributed by atoms with Crippen molar-refractivity contribution in [1.82, 2.24) is 5.32 Å². The van der Waals surface area contributed by atoms with E-state index in [1.165, 1.54) is 19.3 Å². The Balaban J connectivity index is 1.97. The fraction of sp³-hybridized carbons (Fsp3) is 0.611. The van der Waals surface area contributed by atoms with Crippen LogP contribution in [0.5, 0.6) is 0 Å². The molecule has 0 bridgehead atoms. The highest BCUT2D eigenvalue weighted by molar-refractivity contribution is 5.79. The monoisotopic (exact) mass is 288 g/mol. The maximum Gasteiger partial charge on any atom is 0.224 e. The number of nitrogens with one attached hydrogen (secondary N) is 1. The number of carbonyl (C=O) groups is 1. The van der Waals surface area contributed by atoms with Crippen molar-refractivity contribution < 1.29 is 4.79 Å². The predicted molar refractivity (Wildman–Crippen MR) is 86.8 cm³/mol. The van der Waals surface area contributed by atoms with E-state index in [9.17, 15) is 4.79 Å². The molecule has 2 rings (SSSR count). The first-order chi connectivity index (χ1) is 10.1. The second-order valence-electron chi connectivity index (χ2n) is 6.52. The number of rotatable bonds is 5. The molecule has 3 nitrogen and oxygen atoms in total. The molecule has 3 N–H and O–H groups in total. The van der Waals surface area contributed by atoms with Gasteiger partial charge in [0.1, 0.15) is 0 Å². The summed E-state index contributed by atoms with van der Waals surface area (Å²) in [5.41, 5.74) is 7.86. The number of hydrogen-bond acceptors (Lipinski definition) is 2. The maximum atomic E-state index is 12.4. The molecule has 1 aliphatic carbocycles.